The summed E-state index contributed by atoms with van der Waals surface area (Å²) in [5.41, 5.74) is 3.30. The van der Waals surface area contributed by atoms with E-state index in [1.54, 1.807) is 0 Å². The van der Waals surface area contributed by atoms with Gasteiger partial charge in [0.05, 0.1) is 26.5 Å². The first-order chi connectivity index (χ1) is 11.3. The van der Waals surface area contributed by atoms with E-state index in [9.17, 15) is 0 Å². The lowest BCUT2D eigenvalue weighted by Crippen LogP contribution is -2.33. The molecule has 0 saturated heterocycles. The summed E-state index contributed by atoms with van der Waals surface area (Å²) in [6, 6.07) is 6.19. The number of azo groups is 1. The third-order valence-corrected chi connectivity index (χ3v) is 4.02. The van der Waals surface area contributed by atoms with Gasteiger partial charge in [-0.25, -0.2) is 9.13 Å². The molecule has 0 radical (unpaired) electrons. The van der Waals surface area contributed by atoms with Crippen LogP contribution in [0.3, 0.4) is 0 Å². The van der Waals surface area contributed by atoms with Crippen LogP contribution in [0.1, 0.15) is 19.4 Å². The van der Waals surface area contributed by atoms with Crippen LogP contribution in [0.4, 0.5) is 17.3 Å². The number of nitrogens with one attached hydrogen (secondary N) is 2. The van der Waals surface area contributed by atoms with E-state index in [0.717, 1.165) is 36.0 Å². The lowest BCUT2D eigenvalue weighted by molar-refractivity contribution is -0.657. The van der Waals surface area contributed by atoms with Crippen LogP contribution >= 0.6 is 0 Å². The zero-order chi connectivity index (χ0) is 17.7. The lowest BCUT2D eigenvalue weighted by Gasteiger charge is -2.25. The Morgan fingerprint density at radius 2 is 1.96 bits per heavy atom. The Morgan fingerprint density at radius 1 is 1.21 bits per heavy atom. The Kier molecular flexibility index (Phi) is 5.72. The first-order valence-electron chi connectivity index (χ1n) is 8.24. The Morgan fingerprint density at radius 3 is 2.54 bits per heavy atom. The molecular weight excluding hydrogens is 300 g/mol. The SMILES string of the molecule is CNCC(C)(C)CNc1ccc(N=Nc2n(C)cc[n+]2C)c(C)c1. The highest BCUT2D eigenvalue weighted by Gasteiger charge is 2.16. The quantitative estimate of drug-likeness (QED) is 0.605. The van der Waals surface area contributed by atoms with Crippen molar-refractivity contribution >= 4 is 17.3 Å². The van der Waals surface area contributed by atoms with E-state index in [2.05, 4.69) is 53.8 Å². The molecule has 130 valence electrons. The molecule has 2 N–H and O–H groups in total. The van der Waals surface area contributed by atoms with Crippen molar-refractivity contribution in [2.75, 3.05) is 25.5 Å². The fourth-order valence-electron chi connectivity index (χ4n) is 2.58. The van der Waals surface area contributed by atoms with Crippen LogP contribution in [0.15, 0.2) is 40.8 Å². The van der Waals surface area contributed by atoms with Crippen LogP contribution in [-0.4, -0.2) is 24.7 Å². The summed E-state index contributed by atoms with van der Waals surface area (Å²) in [6.07, 6.45) is 3.92. The van der Waals surface area contributed by atoms with E-state index in [1.165, 1.54) is 0 Å². The van der Waals surface area contributed by atoms with Crippen molar-refractivity contribution in [2.24, 2.45) is 29.7 Å². The highest BCUT2D eigenvalue weighted by molar-refractivity contribution is 5.56. The highest BCUT2D eigenvalue weighted by atomic mass is 15.3. The number of hydrogen-bond acceptors (Lipinski definition) is 4. The minimum atomic E-state index is 0.197. The molecule has 1 aromatic heterocycles. The van der Waals surface area contributed by atoms with Crippen molar-refractivity contribution < 1.29 is 4.57 Å². The van der Waals surface area contributed by atoms with Gasteiger partial charge < -0.3 is 10.6 Å². The minimum Gasteiger partial charge on any atom is -0.384 e. The van der Waals surface area contributed by atoms with Crippen LogP contribution in [0.25, 0.3) is 0 Å². The van der Waals surface area contributed by atoms with Gasteiger partial charge in [-0.3, -0.25) is 0 Å². The fraction of sp³-hybridized carbons (Fsp3) is 0.500. The summed E-state index contributed by atoms with van der Waals surface area (Å²) in [7, 11) is 5.90. The second-order valence-corrected chi connectivity index (χ2v) is 7.07. The van der Waals surface area contributed by atoms with Gasteiger partial charge >= 0.3 is 5.95 Å². The van der Waals surface area contributed by atoms with Crippen molar-refractivity contribution in [3.8, 4) is 0 Å². The molecule has 0 bridgehead atoms. The van der Waals surface area contributed by atoms with E-state index in [4.69, 9.17) is 0 Å². The van der Waals surface area contributed by atoms with E-state index >= 15 is 0 Å². The standard InChI is InChI=1S/C18H28N6/c1-14-11-15(20-13-18(2,3)12-19-4)7-8-16(14)21-22-17-23(5)9-10-24(17)6/h7-11,19H,12-13H2,1-6H3/p+1. The van der Waals surface area contributed by atoms with Gasteiger partial charge in [0.1, 0.15) is 5.69 Å². The molecule has 1 aromatic carbocycles. The maximum absolute atomic E-state index is 4.39. The first-order valence-corrected chi connectivity index (χ1v) is 8.24. The van der Waals surface area contributed by atoms with Crippen LogP contribution in [0, 0.1) is 12.3 Å². The summed E-state index contributed by atoms with van der Waals surface area (Å²) in [4.78, 5) is 0. The Balaban J connectivity index is 2.07. The molecule has 2 rings (SSSR count). The molecule has 0 amide bonds. The van der Waals surface area contributed by atoms with Crippen LogP contribution in [0.5, 0.6) is 0 Å². The van der Waals surface area contributed by atoms with Crippen molar-refractivity contribution in [1.82, 2.24) is 9.88 Å². The smallest absolute Gasteiger partial charge is 0.384 e. The van der Waals surface area contributed by atoms with Crippen molar-refractivity contribution in [1.29, 1.82) is 0 Å². The average molecular weight is 329 g/mol. The molecule has 0 aliphatic carbocycles. The van der Waals surface area contributed by atoms with E-state index in [-0.39, 0.29) is 5.41 Å². The van der Waals surface area contributed by atoms with Gasteiger partial charge in [0.15, 0.2) is 0 Å². The number of hydrogen-bond donors (Lipinski definition) is 2. The zero-order valence-corrected chi connectivity index (χ0v) is 15.6. The molecule has 0 unspecified atom stereocenters. The molecule has 0 fully saturated rings. The molecule has 0 atom stereocenters. The largest absolute Gasteiger partial charge is 0.421 e. The number of nitrogens with zero attached hydrogens (tertiary/aromatic N) is 4. The molecule has 1 heterocycles. The maximum atomic E-state index is 4.39. The minimum absolute atomic E-state index is 0.197. The number of imidazole rings is 1. The van der Waals surface area contributed by atoms with Crippen molar-refractivity contribution in [3.05, 3.63) is 36.2 Å². The van der Waals surface area contributed by atoms with Crippen molar-refractivity contribution in [2.45, 2.75) is 20.8 Å². The summed E-state index contributed by atoms with van der Waals surface area (Å²) in [5, 5.41) is 15.5. The maximum Gasteiger partial charge on any atom is 0.421 e. The molecule has 2 aromatic rings. The van der Waals surface area contributed by atoms with Crippen LogP contribution in [0.2, 0.25) is 0 Å². The molecule has 0 spiro atoms. The van der Waals surface area contributed by atoms with Crippen LogP contribution < -0.4 is 15.2 Å². The third-order valence-electron chi connectivity index (χ3n) is 4.02. The predicted molar refractivity (Wildman–Crippen MR) is 98.1 cm³/mol. The number of anilines is 1. The molecule has 0 aliphatic rings. The zero-order valence-electron chi connectivity index (χ0n) is 15.6. The van der Waals surface area contributed by atoms with E-state index in [0.29, 0.717) is 0 Å². The second kappa shape index (κ2) is 7.57. The summed E-state index contributed by atoms with van der Waals surface area (Å²) in [5.74, 6) is 0.811. The van der Waals surface area contributed by atoms with E-state index < -0.39 is 0 Å². The topological polar surface area (TPSA) is 57.6 Å². The molecule has 0 aliphatic heterocycles. The Bertz CT molecular complexity index is 695. The fourth-order valence-corrected chi connectivity index (χ4v) is 2.58. The molecule has 6 heteroatoms. The number of aromatic nitrogens is 2. The average Bonchev–Trinajstić information content (AvgIpc) is 2.83. The van der Waals surface area contributed by atoms with Crippen molar-refractivity contribution in [3.63, 3.8) is 0 Å². The van der Waals surface area contributed by atoms with Crippen LogP contribution in [-0.2, 0) is 14.1 Å². The van der Waals surface area contributed by atoms with Gasteiger partial charge in [-0.1, -0.05) is 19.0 Å². The lowest BCUT2D eigenvalue weighted by atomic mass is 9.93. The Hall–Kier alpha value is -2.21. The first kappa shape index (κ1) is 18.1. The number of benzene rings is 1. The molecule has 24 heavy (non-hydrogen) atoms. The third kappa shape index (κ3) is 4.64. The van der Waals surface area contributed by atoms with Gasteiger partial charge in [-0.15, -0.1) is 0 Å². The normalized spacial score (nSPS) is 12.1. The van der Waals surface area contributed by atoms with Gasteiger partial charge in [0, 0.05) is 23.9 Å². The molecular formula is C18H29N6+. The number of aryl methyl sites for hydroxylation is 3. The number of rotatable bonds is 7. The van der Waals surface area contributed by atoms with Gasteiger partial charge in [-0.2, -0.15) is 0 Å². The summed E-state index contributed by atoms with van der Waals surface area (Å²) < 4.78 is 3.89. The van der Waals surface area contributed by atoms with Gasteiger partial charge in [0.25, 0.3) is 0 Å². The highest BCUT2D eigenvalue weighted by Crippen LogP contribution is 2.25. The molecule has 6 nitrogen and oxygen atoms in total. The monoisotopic (exact) mass is 329 g/mol. The Labute approximate surface area is 144 Å². The summed E-state index contributed by atoms with van der Waals surface area (Å²) >= 11 is 0. The molecule has 0 saturated carbocycles. The summed E-state index contributed by atoms with van der Waals surface area (Å²) in [6.45, 7) is 8.42. The second-order valence-electron chi connectivity index (χ2n) is 7.07. The van der Waals surface area contributed by atoms with Gasteiger partial charge in [-0.05, 0) is 43.1 Å². The van der Waals surface area contributed by atoms with Gasteiger partial charge in [0.2, 0.25) is 0 Å². The van der Waals surface area contributed by atoms with E-state index in [1.807, 2.05) is 48.7 Å². The predicted octanol–water partition coefficient (Wildman–Crippen LogP) is 3.23.